The van der Waals surface area contributed by atoms with Crippen LogP contribution in [0.3, 0.4) is 0 Å². The fraction of sp³-hybridized carbons (Fsp3) is 0.500. The summed E-state index contributed by atoms with van der Waals surface area (Å²) in [6, 6.07) is 6.37. The molecule has 1 N–H and O–H groups in total. The highest BCUT2D eigenvalue weighted by Crippen LogP contribution is 2.28. The van der Waals surface area contributed by atoms with Crippen molar-refractivity contribution in [2.24, 2.45) is 0 Å². The van der Waals surface area contributed by atoms with Crippen LogP contribution in [0.25, 0.3) is 0 Å². The number of carbonyl (C=O) groups is 1. The average molecular weight is 412 g/mol. The minimum absolute atomic E-state index is 0. The van der Waals surface area contributed by atoms with Crippen molar-refractivity contribution in [2.45, 2.75) is 23.5 Å². The molecule has 0 bridgehead atoms. The molecule has 1 fully saturated rings. The molecule has 1 saturated heterocycles. The summed E-state index contributed by atoms with van der Waals surface area (Å²) in [6.45, 7) is 5.43. The van der Waals surface area contributed by atoms with Crippen LogP contribution in [0.4, 0.5) is 0 Å². The summed E-state index contributed by atoms with van der Waals surface area (Å²) in [4.78, 5) is 14.4. The molecule has 124 valence electrons. The Bertz CT molecular complexity index is 626. The van der Waals surface area contributed by atoms with Crippen molar-refractivity contribution in [1.82, 2.24) is 10.2 Å². The van der Waals surface area contributed by atoms with Crippen molar-refractivity contribution in [3.05, 3.63) is 28.7 Å². The summed E-state index contributed by atoms with van der Waals surface area (Å²) in [7, 11) is -3.74. The van der Waals surface area contributed by atoms with E-state index in [0.29, 0.717) is 26.2 Å². The van der Waals surface area contributed by atoms with Crippen molar-refractivity contribution in [1.29, 1.82) is 0 Å². The van der Waals surface area contributed by atoms with Crippen LogP contribution in [0, 0.1) is 0 Å². The van der Waals surface area contributed by atoms with E-state index in [4.69, 9.17) is 0 Å². The maximum absolute atomic E-state index is 12.8. The van der Waals surface area contributed by atoms with Crippen molar-refractivity contribution >= 4 is 44.1 Å². The summed E-state index contributed by atoms with van der Waals surface area (Å²) in [5, 5.41) is 3.15. The van der Waals surface area contributed by atoms with E-state index in [-0.39, 0.29) is 23.2 Å². The fourth-order valence-corrected chi connectivity index (χ4v) is 3.98. The van der Waals surface area contributed by atoms with Crippen LogP contribution in [-0.2, 0) is 14.6 Å². The maximum Gasteiger partial charge on any atom is 0.243 e. The first-order chi connectivity index (χ1) is 9.76. The highest BCUT2D eigenvalue weighted by molar-refractivity contribution is 9.10. The highest BCUT2D eigenvalue weighted by atomic mass is 79.9. The number of benzene rings is 1. The molecule has 0 saturated carbocycles. The van der Waals surface area contributed by atoms with Gasteiger partial charge in [-0.3, -0.25) is 4.79 Å². The molecule has 0 aromatic heterocycles. The quantitative estimate of drug-likeness (QED) is 0.824. The van der Waals surface area contributed by atoms with Gasteiger partial charge < -0.3 is 10.2 Å². The molecule has 1 aromatic carbocycles. The second kappa shape index (κ2) is 7.29. The normalized spacial score (nSPS) is 16.0. The van der Waals surface area contributed by atoms with Gasteiger partial charge in [0, 0.05) is 30.7 Å². The third kappa shape index (κ3) is 3.64. The molecule has 5 nitrogen and oxygen atoms in total. The zero-order chi connectivity index (χ0) is 15.7. The van der Waals surface area contributed by atoms with Gasteiger partial charge in [0.15, 0.2) is 9.84 Å². The predicted molar refractivity (Wildman–Crippen MR) is 92.1 cm³/mol. The van der Waals surface area contributed by atoms with Gasteiger partial charge in [-0.1, -0.05) is 15.9 Å². The number of carbonyl (C=O) groups excluding carboxylic acids is 1. The Morgan fingerprint density at radius 3 is 2.18 bits per heavy atom. The van der Waals surface area contributed by atoms with E-state index in [2.05, 4.69) is 21.2 Å². The van der Waals surface area contributed by atoms with E-state index < -0.39 is 14.6 Å². The van der Waals surface area contributed by atoms with E-state index in [1.807, 2.05) is 0 Å². The Labute approximate surface area is 145 Å². The van der Waals surface area contributed by atoms with E-state index in [1.165, 1.54) is 26.0 Å². The van der Waals surface area contributed by atoms with Gasteiger partial charge in [0.05, 0.1) is 4.90 Å². The molecule has 8 heteroatoms. The van der Waals surface area contributed by atoms with Crippen LogP contribution in [0.15, 0.2) is 33.6 Å². The first-order valence-corrected chi connectivity index (χ1v) is 9.05. The minimum Gasteiger partial charge on any atom is -0.339 e. The van der Waals surface area contributed by atoms with Gasteiger partial charge in [-0.15, -0.1) is 12.4 Å². The molecule has 0 aliphatic carbocycles. The number of hydrogen-bond donors (Lipinski definition) is 1. The Kier molecular flexibility index (Phi) is 6.44. The van der Waals surface area contributed by atoms with Crippen molar-refractivity contribution in [2.75, 3.05) is 26.2 Å². The van der Waals surface area contributed by atoms with Crippen LogP contribution in [0.5, 0.6) is 0 Å². The van der Waals surface area contributed by atoms with Crippen LogP contribution < -0.4 is 5.32 Å². The molecule has 22 heavy (non-hydrogen) atoms. The fourth-order valence-electron chi connectivity index (χ4n) is 2.27. The minimum atomic E-state index is -3.74. The summed E-state index contributed by atoms with van der Waals surface area (Å²) < 4.78 is 24.9. The number of nitrogens with zero attached hydrogens (tertiary/aromatic N) is 1. The number of halogens is 2. The molecule has 0 spiro atoms. The molecular formula is C14H20BrClN2O3S. The first-order valence-electron chi connectivity index (χ1n) is 6.77. The maximum atomic E-state index is 12.8. The molecule has 0 unspecified atom stereocenters. The molecule has 1 aliphatic rings. The number of sulfone groups is 1. The lowest BCUT2D eigenvalue weighted by Gasteiger charge is -2.34. The van der Waals surface area contributed by atoms with Gasteiger partial charge in [0.25, 0.3) is 0 Å². The predicted octanol–water partition coefficient (Wildman–Crippen LogP) is 1.86. The van der Waals surface area contributed by atoms with Gasteiger partial charge in [0.1, 0.15) is 4.75 Å². The number of nitrogens with one attached hydrogen (secondary N) is 1. The largest absolute Gasteiger partial charge is 0.339 e. The van der Waals surface area contributed by atoms with Gasteiger partial charge in [-0.25, -0.2) is 8.42 Å². The van der Waals surface area contributed by atoms with Crippen LogP contribution in [0.2, 0.25) is 0 Å². The molecule has 1 aliphatic heterocycles. The lowest BCUT2D eigenvalue weighted by molar-refractivity contribution is -0.133. The van der Waals surface area contributed by atoms with E-state index in [9.17, 15) is 13.2 Å². The lowest BCUT2D eigenvalue weighted by atomic mass is 10.1. The smallest absolute Gasteiger partial charge is 0.243 e. The Morgan fingerprint density at radius 1 is 1.18 bits per heavy atom. The van der Waals surface area contributed by atoms with Crippen LogP contribution in [0.1, 0.15) is 13.8 Å². The SMILES string of the molecule is CC(C)(C(=O)N1CCNCC1)S(=O)(=O)c1ccc(Br)cc1.Cl. The third-order valence-electron chi connectivity index (χ3n) is 3.72. The lowest BCUT2D eigenvalue weighted by Crippen LogP contribution is -2.55. The van der Waals surface area contributed by atoms with E-state index in [0.717, 1.165) is 4.47 Å². The second-order valence-corrected chi connectivity index (χ2v) is 8.92. The molecule has 2 rings (SSSR count). The highest BCUT2D eigenvalue weighted by Gasteiger charge is 2.45. The number of rotatable bonds is 3. The zero-order valence-electron chi connectivity index (χ0n) is 12.5. The summed E-state index contributed by atoms with van der Waals surface area (Å²) in [5.41, 5.74) is 0. The Balaban J connectivity index is 0.00000242. The van der Waals surface area contributed by atoms with Crippen molar-refractivity contribution in [3.8, 4) is 0 Å². The zero-order valence-corrected chi connectivity index (χ0v) is 15.7. The van der Waals surface area contributed by atoms with Gasteiger partial charge >= 0.3 is 0 Å². The first kappa shape index (κ1) is 19.4. The molecule has 0 atom stereocenters. The van der Waals surface area contributed by atoms with Gasteiger partial charge in [0.2, 0.25) is 5.91 Å². The molecule has 1 heterocycles. The van der Waals surface area contributed by atoms with Crippen LogP contribution in [-0.4, -0.2) is 50.2 Å². The molecule has 0 radical (unpaired) electrons. The summed E-state index contributed by atoms with van der Waals surface area (Å²) >= 11 is 3.28. The van der Waals surface area contributed by atoms with E-state index >= 15 is 0 Å². The summed E-state index contributed by atoms with van der Waals surface area (Å²) in [5.74, 6) is -0.341. The number of amides is 1. The Morgan fingerprint density at radius 2 is 1.68 bits per heavy atom. The molecule has 1 amide bonds. The van der Waals surface area contributed by atoms with Gasteiger partial charge in [-0.05, 0) is 38.1 Å². The van der Waals surface area contributed by atoms with Crippen molar-refractivity contribution in [3.63, 3.8) is 0 Å². The van der Waals surface area contributed by atoms with E-state index in [1.54, 1.807) is 17.0 Å². The van der Waals surface area contributed by atoms with Crippen LogP contribution >= 0.6 is 28.3 Å². The standard InChI is InChI=1S/C14H19BrN2O3S.ClH/c1-14(2,13(18)17-9-7-16-8-10-17)21(19,20)12-5-3-11(15)4-6-12;/h3-6,16H,7-10H2,1-2H3;1H. The molecule has 1 aromatic rings. The van der Waals surface area contributed by atoms with Crippen molar-refractivity contribution < 1.29 is 13.2 Å². The monoisotopic (exact) mass is 410 g/mol. The molecular weight excluding hydrogens is 392 g/mol. The number of hydrogen-bond acceptors (Lipinski definition) is 4. The topological polar surface area (TPSA) is 66.5 Å². The second-order valence-electron chi connectivity index (χ2n) is 5.51. The number of piperazine rings is 1. The average Bonchev–Trinajstić information content (AvgIpc) is 2.47. The Hall–Kier alpha value is -0.630. The third-order valence-corrected chi connectivity index (χ3v) is 6.65. The van der Waals surface area contributed by atoms with Gasteiger partial charge in [-0.2, -0.15) is 0 Å². The summed E-state index contributed by atoms with van der Waals surface area (Å²) in [6.07, 6.45) is 0.